The number of nitrogens with zero attached hydrogens (tertiary/aromatic N) is 3. The average Bonchev–Trinajstić information content (AvgIpc) is 3.06. The average molecular weight is 445 g/mol. The number of benzene rings is 2. The molecule has 0 aliphatic carbocycles. The summed E-state index contributed by atoms with van der Waals surface area (Å²) in [4.78, 5) is 1.57. The van der Waals surface area contributed by atoms with E-state index in [0.29, 0.717) is 16.3 Å². The molecule has 6 nitrogen and oxygen atoms in total. The molecule has 29 heavy (non-hydrogen) atoms. The third kappa shape index (κ3) is 4.39. The minimum atomic E-state index is -4.67. The van der Waals surface area contributed by atoms with E-state index in [9.17, 15) is 21.6 Å². The molecule has 3 aromatic rings. The first kappa shape index (κ1) is 21.2. The van der Waals surface area contributed by atoms with Crippen LogP contribution in [0.3, 0.4) is 0 Å². The number of sulfonamides is 1. The van der Waals surface area contributed by atoms with Crippen LogP contribution in [0, 0.1) is 0 Å². The SMILES string of the molecule is CN(C)c1ccc(Cl)cc1-c1cc(C(F)(F)F)nn1-c1ccc(S(N)(=O)=O)cc1. The topological polar surface area (TPSA) is 81.2 Å². The number of anilines is 1. The number of hydrogen-bond donors (Lipinski definition) is 1. The molecular formula is C18H16ClF3N4O2S. The molecule has 11 heteroatoms. The number of hydrogen-bond acceptors (Lipinski definition) is 4. The van der Waals surface area contributed by atoms with Crippen LogP contribution in [0.5, 0.6) is 0 Å². The second-order valence-corrected chi connectivity index (χ2v) is 8.42. The van der Waals surface area contributed by atoms with Gasteiger partial charge in [0, 0.05) is 30.4 Å². The van der Waals surface area contributed by atoms with Crippen molar-refractivity contribution in [2.45, 2.75) is 11.1 Å². The zero-order valence-corrected chi connectivity index (χ0v) is 16.8. The quantitative estimate of drug-likeness (QED) is 0.661. The summed E-state index contributed by atoms with van der Waals surface area (Å²) < 4.78 is 64.1. The molecule has 154 valence electrons. The Balaban J connectivity index is 2.26. The molecule has 0 amide bonds. The Bertz CT molecular complexity index is 1160. The fourth-order valence-corrected chi connectivity index (χ4v) is 3.48. The number of halogens is 4. The van der Waals surface area contributed by atoms with Crippen molar-refractivity contribution in [2.75, 3.05) is 19.0 Å². The van der Waals surface area contributed by atoms with Crippen LogP contribution in [0.4, 0.5) is 18.9 Å². The normalized spacial score (nSPS) is 12.2. The number of aromatic nitrogens is 2. The van der Waals surface area contributed by atoms with Gasteiger partial charge in [-0.05, 0) is 48.5 Å². The van der Waals surface area contributed by atoms with Crippen LogP contribution >= 0.6 is 11.6 Å². The molecule has 0 bridgehead atoms. The highest BCUT2D eigenvalue weighted by Crippen LogP contribution is 2.37. The lowest BCUT2D eigenvalue weighted by Gasteiger charge is -2.18. The Morgan fingerprint density at radius 3 is 2.21 bits per heavy atom. The summed E-state index contributed by atoms with van der Waals surface area (Å²) in [7, 11) is -0.441. The molecule has 0 spiro atoms. The summed E-state index contributed by atoms with van der Waals surface area (Å²) >= 11 is 6.09. The molecule has 0 aliphatic heterocycles. The first-order chi connectivity index (χ1) is 13.4. The van der Waals surface area contributed by atoms with Crippen LogP contribution in [0.2, 0.25) is 5.02 Å². The van der Waals surface area contributed by atoms with Gasteiger partial charge in [-0.25, -0.2) is 18.2 Å². The van der Waals surface area contributed by atoms with Crippen molar-refractivity contribution < 1.29 is 21.6 Å². The third-order valence-corrected chi connectivity index (χ3v) is 5.29. The first-order valence-corrected chi connectivity index (χ1v) is 10.1. The second-order valence-electron chi connectivity index (χ2n) is 6.42. The molecule has 0 saturated carbocycles. The van der Waals surface area contributed by atoms with Gasteiger partial charge >= 0.3 is 6.18 Å². The van der Waals surface area contributed by atoms with Crippen LogP contribution < -0.4 is 10.0 Å². The predicted octanol–water partition coefficient (Wildman–Crippen LogP) is 3.92. The lowest BCUT2D eigenvalue weighted by atomic mass is 10.1. The first-order valence-electron chi connectivity index (χ1n) is 8.15. The van der Waals surface area contributed by atoms with E-state index in [2.05, 4.69) is 5.10 Å². The molecule has 1 heterocycles. The molecule has 0 radical (unpaired) electrons. The minimum Gasteiger partial charge on any atom is -0.377 e. The highest BCUT2D eigenvalue weighted by atomic mass is 35.5. The summed E-state index contributed by atoms with van der Waals surface area (Å²) in [6, 6.07) is 10.9. The standard InChI is InChI=1S/C18H16ClF3N4O2S/c1-25(2)15-8-3-11(19)9-14(15)16-10-17(18(20,21)22)24-26(16)12-4-6-13(7-5-12)29(23,27)28/h3-10H,1-2H3,(H2,23,27,28). The van der Waals surface area contributed by atoms with Crippen molar-refractivity contribution in [3.05, 3.63) is 59.2 Å². The van der Waals surface area contributed by atoms with Crippen molar-refractivity contribution in [2.24, 2.45) is 5.14 Å². The molecule has 0 atom stereocenters. The van der Waals surface area contributed by atoms with E-state index >= 15 is 0 Å². The van der Waals surface area contributed by atoms with Crippen molar-refractivity contribution >= 4 is 27.3 Å². The van der Waals surface area contributed by atoms with E-state index in [-0.39, 0.29) is 16.3 Å². The van der Waals surface area contributed by atoms with E-state index in [4.69, 9.17) is 16.7 Å². The van der Waals surface area contributed by atoms with Crippen LogP contribution in [0.25, 0.3) is 16.9 Å². The summed E-state index contributed by atoms with van der Waals surface area (Å²) in [5, 5.41) is 9.12. The summed E-state index contributed by atoms with van der Waals surface area (Å²) in [5.41, 5.74) is 0.346. The monoisotopic (exact) mass is 444 g/mol. The number of rotatable bonds is 4. The Morgan fingerprint density at radius 1 is 1.07 bits per heavy atom. The molecule has 0 unspecified atom stereocenters. The second kappa shape index (κ2) is 7.36. The molecular weight excluding hydrogens is 429 g/mol. The molecule has 2 aromatic carbocycles. The van der Waals surface area contributed by atoms with Crippen molar-refractivity contribution in [1.29, 1.82) is 0 Å². The highest BCUT2D eigenvalue weighted by molar-refractivity contribution is 7.89. The van der Waals surface area contributed by atoms with Gasteiger partial charge in [-0.1, -0.05) is 11.6 Å². The predicted molar refractivity (Wildman–Crippen MR) is 105 cm³/mol. The van der Waals surface area contributed by atoms with Gasteiger partial charge in [0.1, 0.15) is 0 Å². The van der Waals surface area contributed by atoms with Crippen LogP contribution in [-0.2, 0) is 16.2 Å². The number of primary sulfonamides is 1. The van der Waals surface area contributed by atoms with E-state index in [1.807, 2.05) is 0 Å². The molecule has 1 aromatic heterocycles. The Morgan fingerprint density at radius 2 is 1.69 bits per heavy atom. The van der Waals surface area contributed by atoms with Crippen LogP contribution in [0.15, 0.2) is 53.4 Å². The van der Waals surface area contributed by atoms with E-state index in [1.165, 1.54) is 24.3 Å². The lowest BCUT2D eigenvalue weighted by molar-refractivity contribution is -0.141. The Labute approximate surface area is 170 Å². The van der Waals surface area contributed by atoms with Crippen LogP contribution in [-0.4, -0.2) is 32.3 Å². The molecule has 2 N–H and O–H groups in total. The Hall–Kier alpha value is -2.56. The van der Waals surface area contributed by atoms with Gasteiger partial charge < -0.3 is 4.90 Å². The summed E-state index contributed by atoms with van der Waals surface area (Å²) in [6.45, 7) is 0. The van der Waals surface area contributed by atoms with Gasteiger partial charge in [0.15, 0.2) is 5.69 Å². The maximum Gasteiger partial charge on any atom is 0.435 e. The maximum atomic E-state index is 13.4. The van der Waals surface area contributed by atoms with Gasteiger partial charge in [0.25, 0.3) is 0 Å². The molecule has 3 rings (SSSR count). The Kier molecular flexibility index (Phi) is 5.37. The molecule has 0 saturated heterocycles. The fourth-order valence-electron chi connectivity index (χ4n) is 2.79. The van der Waals surface area contributed by atoms with Gasteiger partial charge in [-0.2, -0.15) is 18.3 Å². The van der Waals surface area contributed by atoms with Crippen molar-refractivity contribution in [1.82, 2.24) is 9.78 Å². The largest absolute Gasteiger partial charge is 0.435 e. The third-order valence-electron chi connectivity index (χ3n) is 4.13. The zero-order chi connectivity index (χ0) is 21.6. The van der Waals surface area contributed by atoms with E-state index < -0.39 is 21.9 Å². The van der Waals surface area contributed by atoms with E-state index in [0.717, 1.165) is 10.7 Å². The zero-order valence-electron chi connectivity index (χ0n) is 15.3. The van der Waals surface area contributed by atoms with Gasteiger partial charge in [-0.3, -0.25) is 0 Å². The minimum absolute atomic E-state index is 0.145. The lowest BCUT2D eigenvalue weighted by Crippen LogP contribution is -2.12. The van der Waals surface area contributed by atoms with Gasteiger partial charge in [0.05, 0.1) is 16.3 Å². The van der Waals surface area contributed by atoms with E-state index in [1.54, 1.807) is 37.2 Å². The van der Waals surface area contributed by atoms with Crippen molar-refractivity contribution in [3.63, 3.8) is 0 Å². The fraction of sp³-hybridized carbons (Fsp3) is 0.167. The maximum absolute atomic E-state index is 13.4. The smallest absolute Gasteiger partial charge is 0.377 e. The highest BCUT2D eigenvalue weighted by Gasteiger charge is 2.35. The van der Waals surface area contributed by atoms with Gasteiger partial charge in [0.2, 0.25) is 10.0 Å². The van der Waals surface area contributed by atoms with Crippen LogP contribution in [0.1, 0.15) is 5.69 Å². The molecule has 0 aliphatic rings. The summed E-state index contributed by atoms with van der Waals surface area (Å²) in [6.07, 6.45) is -4.67. The number of alkyl halides is 3. The summed E-state index contributed by atoms with van der Waals surface area (Å²) in [5.74, 6) is 0. The number of nitrogens with two attached hydrogens (primary N) is 1. The van der Waals surface area contributed by atoms with Crippen molar-refractivity contribution in [3.8, 4) is 16.9 Å². The van der Waals surface area contributed by atoms with Gasteiger partial charge in [-0.15, -0.1) is 0 Å². The molecule has 0 fully saturated rings.